The zero-order valence-electron chi connectivity index (χ0n) is 14.2. The smallest absolute Gasteiger partial charge is 0.257 e. The summed E-state index contributed by atoms with van der Waals surface area (Å²) < 4.78 is 10.8. The summed E-state index contributed by atoms with van der Waals surface area (Å²) in [7, 11) is 1.65. The number of halogens is 1. The topological polar surface area (TPSA) is 47.6 Å². The SMILES string of the molecule is COc1ccc(C)cc1CCNC(=O)COc1cc(C)ccc1Cl. The maximum atomic E-state index is 11.9. The highest BCUT2D eigenvalue weighted by Gasteiger charge is 2.07. The summed E-state index contributed by atoms with van der Waals surface area (Å²) in [4.78, 5) is 11.9. The van der Waals surface area contributed by atoms with Gasteiger partial charge >= 0.3 is 0 Å². The van der Waals surface area contributed by atoms with Crippen LogP contribution in [0.25, 0.3) is 0 Å². The van der Waals surface area contributed by atoms with Crippen LogP contribution in [0.1, 0.15) is 16.7 Å². The van der Waals surface area contributed by atoms with E-state index in [9.17, 15) is 4.79 Å². The fourth-order valence-electron chi connectivity index (χ4n) is 2.35. The quantitative estimate of drug-likeness (QED) is 0.830. The van der Waals surface area contributed by atoms with Crippen molar-refractivity contribution < 1.29 is 14.3 Å². The molecule has 1 amide bonds. The third kappa shape index (κ3) is 5.17. The van der Waals surface area contributed by atoms with Crippen LogP contribution < -0.4 is 14.8 Å². The molecule has 0 fully saturated rings. The highest BCUT2D eigenvalue weighted by molar-refractivity contribution is 6.32. The van der Waals surface area contributed by atoms with Crippen LogP contribution in [-0.2, 0) is 11.2 Å². The van der Waals surface area contributed by atoms with E-state index in [0.717, 1.165) is 22.4 Å². The Balaban J connectivity index is 1.81. The van der Waals surface area contributed by atoms with Crippen LogP contribution in [0.5, 0.6) is 11.5 Å². The minimum Gasteiger partial charge on any atom is -0.496 e. The van der Waals surface area contributed by atoms with Gasteiger partial charge in [-0.05, 0) is 49.6 Å². The number of carbonyl (C=O) groups is 1. The minimum atomic E-state index is -0.181. The molecule has 128 valence electrons. The molecular formula is C19H22ClNO3. The van der Waals surface area contributed by atoms with E-state index < -0.39 is 0 Å². The van der Waals surface area contributed by atoms with E-state index in [2.05, 4.69) is 11.4 Å². The number of amides is 1. The van der Waals surface area contributed by atoms with Crippen LogP contribution in [0.2, 0.25) is 5.02 Å². The molecule has 0 saturated heterocycles. The number of ether oxygens (including phenoxy) is 2. The number of hydrogen-bond donors (Lipinski definition) is 1. The van der Waals surface area contributed by atoms with Gasteiger partial charge in [-0.25, -0.2) is 0 Å². The first-order chi connectivity index (χ1) is 11.5. The third-order valence-corrected chi connectivity index (χ3v) is 3.91. The van der Waals surface area contributed by atoms with Crippen molar-refractivity contribution in [2.75, 3.05) is 20.3 Å². The zero-order chi connectivity index (χ0) is 17.5. The van der Waals surface area contributed by atoms with Gasteiger partial charge in [-0.1, -0.05) is 35.4 Å². The number of hydrogen-bond acceptors (Lipinski definition) is 3. The predicted octanol–water partition coefficient (Wildman–Crippen LogP) is 3.70. The van der Waals surface area contributed by atoms with Crippen LogP contribution >= 0.6 is 11.6 Å². The number of methoxy groups -OCH3 is 1. The van der Waals surface area contributed by atoms with Crippen LogP contribution in [0.15, 0.2) is 36.4 Å². The van der Waals surface area contributed by atoms with Crippen molar-refractivity contribution in [3.63, 3.8) is 0 Å². The number of aryl methyl sites for hydroxylation is 2. The van der Waals surface area contributed by atoms with E-state index in [1.807, 2.05) is 38.1 Å². The molecular weight excluding hydrogens is 326 g/mol. The van der Waals surface area contributed by atoms with Gasteiger partial charge < -0.3 is 14.8 Å². The van der Waals surface area contributed by atoms with Gasteiger partial charge in [0.1, 0.15) is 11.5 Å². The lowest BCUT2D eigenvalue weighted by molar-refractivity contribution is -0.123. The monoisotopic (exact) mass is 347 g/mol. The second kappa shape index (κ2) is 8.60. The molecule has 0 atom stereocenters. The van der Waals surface area contributed by atoms with Crippen molar-refractivity contribution in [3.05, 3.63) is 58.1 Å². The first-order valence-corrected chi connectivity index (χ1v) is 8.16. The Hall–Kier alpha value is -2.20. The number of rotatable bonds is 7. The van der Waals surface area contributed by atoms with Crippen LogP contribution in [0.3, 0.4) is 0 Å². The molecule has 2 aromatic rings. The lowest BCUT2D eigenvalue weighted by Gasteiger charge is -2.11. The summed E-state index contributed by atoms with van der Waals surface area (Å²) in [5.41, 5.74) is 3.26. The highest BCUT2D eigenvalue weighted by Crippen LogP contribution is 2.25. The molecule has 1 N–H and O–H groups in total. The minimum absolute atomic E-state index is 0.0614. The van der Waals surface area contributed by atoms with Gasteiger partial charge in [-0.3, -0.25) is 4.79 Å². The van der Waals surface area contributed by atoms with Gasteiger partial charge in [0.25, 0.3) is 5.91 Å². The highest BCUT2D eigenvalue weighted by atomic mass is 35.5. The third-order valence-electron chi connectivity index (χ3n) is 3.60. The molecule has 4 nitrogen and oxygen atoms in total. The molecule has 2 rings (SSSR count). The number of carbonyl (C=O) groups excluding carboxylic acids is 1. The average Bonchev–Trinajstić information content (AvgIpc) is 2.56. The molecule has 0 saturated carbocycles. The molecule has 0 aliphatic rings. The maximum Gasteiger partial charge on any atom is 0.257 e. The number of nitrogens with one attached hydrogen (secondary N) is 1. The average molecular weight is 348 g/mol. The molecule has 0 spiro atoms. The first-order valence-electron chi connectivity index (χ1n) is 7.79. The fraction of sp³-hybridized carbons (Fsp3) is 0.316. The summed E-state index contributed by atoms with van der Waals surface area (Å²) in [5, 5.41) is 3.34. The Bertz CT molecular complexity index is 716. The molecule has 0 radical (unpaired) electrons. The Morgan fingerprint density at radius 1 is 1.08 bits per heavy atom. The van der Waals surface area contributed by atoms with E-state index >= 15 is 0 Å². The predicted molar refractivity (Wildman–Crippen MR) is 96.1 cm³/mol. The zero-order valence-corrected chi connectivity index (χ0v) is 14.9. The Kier molecular flexibility index (Phi) is 6.50. The summed E-state index contributed by atoms with van der Waals surface area (Å²) in [6, 6.07) is 11.5. The van der Waals surface area contributed by atoms with Crippen LogP contribution in [0, 0.1) is 13.8 Å². The lowest BCUT2D eigenvalue weighted by atomic mass is 10.1. The van der Waals surface area contributed by atoms with E-state index in [4.69, 9.17) is 21.1 Å². The van der Waals surface area contributed by atoms with Gasteiger partial charge in [0.2, 0.25) is 0 Å². The largest absolute Gasteiger partial charge is 0.496 e. The Morgan fingerprint density at radius 3 is 2.54 bits per heavy atom. The summed E-state index contributed by atoms with van der Waals surface area (Å²) in [5.74, 6) is 1.17. The van der Waals surface area contributed by atoms with Gasteiger partial charge in [0.15, 0.2) is 6.61 Å². The van der Waals surface area contributed by atoms with Crippen LogP contribution in [0.4, 0.5) is 0 Å². The molecule has 0 heterocycles. The molecule has 2 aromatic carbocycles. The van der Waals surface area contributed by atoms with Crippen molar-refractivity contribution in [1.82, 2.24) is 5.32 Å². The summed E-state index contributed by atoms with van der Waals surface area (Å²) in [6.45, 7) is 4.43. The van der Waals surface area contributed by atoms with E-state index in [1.165, 1.54) is 0 Å². The van der Waals surface area contributed by atoms with Gasteiger partial charge in [-0.2, -0.15) is 0 Å². The molecule has 5 heteroatoms. The first kappa shape index (κ1) is 18.1. The van der Waals surface area contributed by atoms with E-state index in [-0.39, 0.29) is 12.5 Å². The summed E-state index contributed by atoms with van der Waals surface area (Å²) in [6.07, 6.45) is 0.696. The molecule has 0 aliphatic carbocycles. The Labute approximate surface area is 147 Å². The van der Waals surface area contributed by atoms with Gasteiger partial charge in [0, 0.05) is 6.54 Å². The van der Waals surface area contributed by atoms with Gasteiger partial charge in [0.05, 0.1) is 12.1 Å². The van der Waals surface area contributed by atoms with Gasteiger partial charge in [-0.15, -0.1) is 0 Å². The maximum absolute atomic E-state index is 11.9. The normalized spacial score (nSPS) is 10.3. The van der Waals surface area contributed by atoms with E-state index in [1.54, 1.807) is 13.2 Å². The summed E-state index contributed by atoms with van der Waals surface area (Å²) >= 11 is 6.04. The fourth-order valence-corrected chi connectivity index (χ4v) is 2.53. The molecule has 0 aromatic heterocycles. The lowest BCUT2D eigenvalue weighted by Crippen LogP contribution is -2.30. The second-order valence-electron chi connectivity index (χ2n) is 5.64. The van der Waals surface area contributed by atoms with Crippen molar-refractivity contribution in [2.45, 2.75) is 20.3 Å². The molecule has 0 unspecified atom stereocenters. The van der Waals surface area contributed by atoms with Crippen molar-refractivity contribution in [2.24, 2.45) is 0 Å². The van der Waals surface area contributed by atoms with Crippen molar-refractivity contribution >= 4 is 17.5 Å². The molecule has 0 aliphatic heterocycles. The molecule has 24 heavy (non-hydrogen) atoms. The van der Waals surface area contributed by atoms with Crippen molar-refractivity contribution in [3.8, 4) is 11.5 Å². The molecule has 0 bridgehead atoms. The number of benzene rings is 2. The van der Waals surface area contributed by atoms with Crippen LogP contribution in [-0.4, -0.2) is 26.2 Å². The Morgan fingerprint density at radius 2 is 1.79 bits per heavy atom. The second-order valence-corrected chi connectivity index (χ2v) is 6.05. The van der Waals surface area contributed by atoms with E-state index in [0.29, 0.717) is 23.7 Å². The standard InChI is InChI=1S/C19H22ClNO3/c1-13-5-7-17(23-3)15(10-13)8-9-21-19(22)12-24-18-11-14(2)4-6-16(18)20/h4-7,10-11H,8-9,12H2,1-3H3,(H,21,22). The van der Waals surface area contributed by atoms with Crippen molar-refractivity contribution in [1.29, 1.82) is 0 Å².